The molecule has 17 N–H and O–H groups in total. The van der Waals surface area contributed by atoms with Gasteiger partial charge in [-0.1, -0.05) is 0 Å². The van der Waals surface area contributed by atoms with Crippen molar-refractivity contribution in [3.05, 3.63) is 0 Å². The van der Waals surface area contributed by atoms with Crippen molar-refractivity contribution in [3.63, 3.8) is 0 Å². The van der Waals surface area contributed by atoms with Crippen molar-refractivity contribution in [2.75, 3.05) is 39.3 Å². The minimum atomic E-state index is -1.44. The number of aliphatic hydroxyl groups is 4. The lowest BCUT2D eigenvalue weighted by atomic mass is 9.72. The number of ether oxygens (including phenoxy) is 3. The van der Waals surface area contributed by atoms with Crippen molar-refractivity contribution in [3.8, 4) is 0 Å². The summed E-state index contributed by atoms with van der Waals surface area (Å²) in [5, 5.41) is 59.0. The van der Waals surface area contributed by atoms with Crippen LogP contribution in [0.15, 0.2) is 0 Å². The summed E-state index contributed by atoms with van der Waals surface area (Å²) in [5.41, 5.74) is 29.4. The molecule has 1 saturated carbocycles. The van der Waals surface area contributed by atoms with Gasteiger partial charge < -0.3 is 73.9 Å². The Hall–Kier alpha value is -1.29. The van der Waals surface area contributed by atoms with Crippen molar-refractivity contribution in [1.29, 1.82) is 0 Å². The monoisotopic (exact) mass is 594 g/mol. The van der Waals surface area contributed by atoms with Crippen molar-refractivity contribution < 1.29 is 44.6 Å². The molecule has 0 bridgehead atoms. The summed E-state index contributed by atoms with van der Waals surface area (Å²) in [7, 11) is 0. The zero-order valence-electron chi connectivity index (χ0n) is 23.3. The smallest absolute Gasteiger partial charge is 0.341 e. The van der Waals surface area contributed by atoms with Crippen LogP contribution in [0.1, 0.15) is 25.7 Å². The summed E-state index contributed by atoms with van der Waals surface area (Å²) < 4.78 is 17.9. The molecule has 17 heteroatoms. The Morgan fingerprint density at radius 2 is 1.80 bits per heavy atom. The van der Waals surface area contributed by atoms with E-state index in [1.807, 2.05) is 0 Å². The van der Waals surface area contributed by atoms with E-state index >= 15 is 0 Å². The minimum Gasteiger partial charge on any atom is -0.392 e. The molecule has 17 nitrogen and oxygen atoms in total. The summed E-state index contributed by atoms with van der Waals surface area (Å²) in [6.07, 6.45) is -6.25. The van der Waals surface area contributed by atoms with E-state index in [9.17, 15) is 30.4 Å². The van der Waals surface area contributed by atoms with Gasteiger partial charge >= 0.3 is 6.03 Å². The maximum Gasteiger partial charge on any atom is 0.341 e. The number of hydrogen-bond donors (Lipinski definition) is 12. The summed E-state index contributed by atoms with van der Waals surface area (Å²) in [6, 6.07) is -3.90. The van der Waals surface area contributed by atoms with Gasteiger partial charge in [-0.15, -0.1) is 0 Å². The second-order valence-electron chi connectivity index (χ2n) is 11.2. The quantitative estimate of drug-likeness (QED) is 0.0740. The molecule has 3 rings (SSSR count). The van der Waals surface area contributed by atoms with Crippen LogP contribution < -0.4 is 39.3 Å². The molecule has 2 aliphatic heterocycles. The molecule has 0 aromatic heterocycles. The Labute approximate surface area is 239 Å². The SMILES string of the molecule is NCCC(O)CNC1CCC(CN)OC1C1C(N)CC(NC(=O)N(O)CCN)C(OC2OCC(O)C(N)C2O)C1O. The Bertz CT molecular complexity index is 806. The molecule has 240 valence electrons. The van der Waals surface area contributed by atoms with Gasteiger partial charge in [0.25, 0.3) is 0 Å². The molecule has 0 radical (unpaired) electrons. The molecule has 3 aliphatic rings. The van der Waals surface area contributed by atoms with E-state index in [2.05, 4.69) is 10.6 Å². The summed E-state index contributed by atoms with van der Waals surface area (Å²) >= 11 is 0. The van der Waals surface area contributed by atoms with Gasteiger partial charge in [-0.05, 0) is 32.2 Å². The fourth-order valence-electron chi connectivity index (χ4n) is 5.84. The summed E-state index contributed by atoms with van der Waals surface area (Å²) in [6.45, 7) is 0.489. The van der Waals surface area contributed by atoms with Gasteiger partial charge in [-0.3, -0.25) is 5.21 Å². The highest BCUT2D eigenvalue weighted by molar-refractivity contribution is 5.73. The van der Waals surface area contributed by atoms with E-state index in [0.29, 0.717) is 30.9 Å². The van der Waals surface area contributed by atoms with Crippen molar-refractivity contribution in [2.45, 2.75) is 98.9 Å². The lowest BCUT2D eigenvalue weighted by Crippen LogP contribution is -2.69. The zero-order valence-corrected chi connectivity index (χ0v) is 23.3. The van der Waals surface area contributed by atoms with Crippen LogP contribution in [0.5, 0.6) is 0 Å². The number of nitrogens with one attached hydrogen (secondary N) is 2. The topological polar surface area (TPSA) is 303 Å². The van der Waals surface area contributed by atoms with Gasteiger partial charge in [-0.25, -0.2) is 9.86 Å². The molecule has 0 aromatic carbocycles. The molecule has 2 heterocycles. The van der Waals surface area contributed by atoms with Crippen molar-refractivity contribution >= 4 is 6.03 Å². The van der Waals surface area contributed by atoms with E-state index in [4.69, 9.17) is 42.9 Å². The second kappa shape index (κ2) is 16.0. The fourth-order valence-corrected chi connectivity index (χ4v) is 5.84. The molecule has 13 atom stereocenters. The Balaban J connectivity index is 1.86. The first-order chi connectivity index (χ1) is 19.5. The number of rotatable bonds is 12. The normalized spacial score (nSPS) is 40.6. The van der Waals surface area contributed by atoms with Crippen LogP contribution in [-0.4, -0.2) is 149 Å². The Kier molecular flexibility index (Phi) is 13.3. The molecular weight excluding hydrogens is 544 g/mol. The Morgan fingerprint density at radius 3 is 2.46 bits per heavy atom. The Morgan fingerprint density at radius 1 is 1.07 bits per heavy atom. The summed E-state index contributed by atoms with van der Waals surface area (Å²) in [4.78, 5) is 12.6. The standard InChI is InChI=1S/C24H50N8O9/c25-4-3-11(33)9-30-14-2-1-12(8-27)40-21(14)17-13(28)7-15(31-24(37)32(38)6-5-26)22(19(17)35)41-23-20(36)18(29)16(34)10-39-23/h11-23,30,33-36,38H,1-10,25-29H2,(H,31,37). The van der Waals surface area contributed by atoms with Gasteiger partial charge in [0.05, 0.1) is 55.8 Å². The lowest BCUT2D eigenvalue weighted by Gasteiger charge is -2.51. The summed E-state index contributed by atoms with van der Waals surface area (Å²) in [5.74, 6) is -0.735. The van der Waals surface area contributed by atoms with Gasteiger partial charge in [0.1, 0.15) is 12.2 Å². The third kappa shape index (κ3) is 8.64. The highest BCUT2D eigenvalue weighted by Gasteiger charge is 2.52. The average molecular weight is 595 g/mol. The molecule has 2 amide bonds. The molecule has 3 fully saturated rings. The molecule has 41 heavy (non-hydrogen) atoms. The molecular formula is C24H50N8O9. The van der Waals surface area contributed by atoms with Gasteiger partial charge in [0.15, 0.2) is 6.29 Å². The van der Waals surface area contributed by atoms with E-state index < -0.39 is 73.0 Å². The number of nitrogens with two attached hydrogens (primary N) is 5. The number of carbonyl (C=O) groups excluding carboxylic acids is 1. The highest BCUT2D eigenvalue weighted by Crippen LogP contribution is 2.36. The predicted molar refractivity (Wildman–Crippen MR) is 145 cm³/mol. The number of urea groups is 1. The van der Waals surface area contributed by atoms with Gasteiger partial charge in [0.2, 0.25) is 0 Å². The maximum absolute atomic E-state index is 12.6. The van der Waals surface area contributed by atoms with Crippen molar-refractivity contribution in [1.82, 2.24) is 15.7 Å². The maximum atomic E-state index is 12.6. The average Bonchev–Trinajstić information content (AvgIpc) is 2.94. The molecule has 0 spiro atoms. The van der Waals surface area contributed by atoms with Crippen LogP contribution in [0.2, 0.25) is 0 Å². The molecule has 1 aliphatic carbocycles. The fraction of sp³-hybridized carbons (Fsp3) is 0.958. The number of carbonyl (C=O) groups is 1. The minimum absolute atomic E-state index is 0.0107. The lowest BCUT2D eigenvalue weighted by molar-refractivity contribution is -0.282. The predicted octanol–water partition coefficient (Wildman–Crippen LogP) is -5.61. The third-order valence-corrected chi connectivity index (χ3v) is 8.18. The van der Waals surface area contributed by atoms with E-state index in [1.165, 1.54) is 0 Å². The molecule has 0 aromatic rings. The zero-order chi connectivity index (χ0) is 30.3. The third-order valence-electron chi connectivity index (χ3n) is 8.18. The van der Waals surface area contributed by atoms with Gasteiger partial charge in [-0.2, -0.15) is 0 Å². The first-order valence-corrected chi connectivity index (χ1v) is 14.3. The first-order valence-electron chi connectivity index (χ1n) is 14.3. The number of hydroxylamine groups is 2. The molecule has 2 saturated heterocycles. The second-order valence-corrected chi connectivity index (χ2v) is 11.2. The molecule has 13 unspecified atom stereocenters. The van der Waals surface area contributed by atoms with Crippen LogP contribution >= 0.6 is 0 Å². The van der Waals surface area contributed by atoms with Crippen LogP contribution in [-0.2, 0) is 14.2 Å². The van der Waals surface area contributed by atoms with Crippen LogP contribution in [0.25, 0.3) is 0 Å². The highest BCUT2D eigenvalue weighted by atomic mass is 16.7. The van der Waals surface area contributed by atoms with E-state index in [0.717, 1.165) is 0 Å². The van der Waals surface area contributed by atoms with Crippen LogP contribution in [0.4, 0.5) is 4.79 Å². The van der Waals surface area contributed by atoms with Crippen LogP contribution in [0, 0.1) is 5.92 Å². The van der Waals surface area contributed by atoms with E-state index in [1.54, 1.807) is 0 Å². The van der Waals surface area contributed by atoms with Crippen LogP contribution in [0.3, 0.4) is 0 Å². The number of hydrogen-bond acceptors (Lipinski definition) is 15. The van der Waals surface area contributed by atoms with E-state index in [-0.39, 0.29) is 51.4 Å². The first kappa shape index (κ1) is 34.2. The number of nitrogens with zero attached hydrogens (tertiary/aromatic N) is 1. The largest absolute Gasteiger partial charge is 0.392 e. The number of aliphatic hydroxyl groups excluding tert-OH is 4. The van der Waals surface area contributed by atoms with Gasteiger partial charge in [0, 0.05) is 37.6 Å². The number of amides is 2. The van der Waals surface area contributed by atoms with Crippen molar-refractivity contribution in [2.24, 2.45) is 34.6 Å².